The molecule has 0 radical (unpaired) electrons. The fourth-order valence-electron chi connectivity index (χ4n) is 1.68. The van der Waals surface area contributed by atoms with Gasteiger partial charge in [0, 0.05) is 16.0 Å². The summed E-state index contributed by atoms with van der Waals surface area (Å²) in [6, 6.07) is 0. The Balaban J connectivity index is 2.28. The Hall–Kier alpha value is -0.380. The van der Waals surface area contributed by atoms with E-state index in [1.165, 1.54) is 0 Å². The van der Waals surface area contributed by atoms with Crippen molar-refractivity contribution in [3.8, 4) is 0 Å². The molecule has 1 aliphatic carbocycles. The molecular weight excluding hydrogens is 200 g/mol. The molecule has 0 heterocycles. The van der Waals surface area contributed by atoms with Crippen molar-refractivity contribution < 1.29 is 13.7 Å². The van der Waals surface area contributed by atoms with Gasteiger partial charge in [-0.25, -0.2) is 0 Å². The largest absolute Gasteiger partial charge is 0.462 e. The Morgan fingerprint density at radius 1 is 1.43 bits per heavy atom. The highest BCUT2D eigenvalue weighted by Gasteiger charge is 2.23. The summed E-state index contributed by atoms with van der Waals surface area (Å²) < 4.78 is 16.6. The van der Waals surface area contributed by atoms with Crippen LogP contribution in [0.15, 0.2) is 0 Å². The summed E-state index contributed by atoms with van der Waals surface area (Å²) >= 11 is 0. The van der Waals surface area contributed by atoms with Crippen LogP contribution in [-0.4, -0.2) is 27.3 Å². The summed E-state index contributed by atoms with van der Waals surface area (Å²) in [7, 11) is -1.02. The van der Waals surface area contributed by atoms with Gasteiger partial charge in [0.2, 0.25) is 0 Å². The highest BCUT2D eigenvalue weighted by atomic mass is 32.2. The quantitative estimate of drug-likeness (QED) is 0.674. The minimum absolute atomic E-state index is 0.0723. The molecule has 0 aliphatic heterocycles. The molecule has 0 bridgehead atoms. The summed E-state index contributed by atoms with van der Waals surface area (Å²) in [4.78, 5) is 11.2. The molecule has 0 spiro atoms. The maximum absolute atomic E-state index is 11.6. The summed E-state index contributed by atoms with van der Waals surface area (Å²) in [5.41, 5.74) is 0. The molecule has 1 fully saturated rings. The molecule has 0 aromatic carbocycles. The lowest BCUT2D eigenvalue weighted by atomic mass is 10.4. The van der Waals surface area contributed by atoms with E-state index in [9.17, 15) is 9.00 Å². The Kier molecular flexibility index (Phi) is 4.58. The molecule has 1 unspecified atom stereocenters. The minimum atomic E-state index is -1.02. The van der Waals surface area contributed by atoms with Crippen LogP contribution in [0.2, 0.25) is 0 Å². The summed E-state index contributed by atoms with van der Waals surface area (Å²) in [5.74, 6) is -0.256. The Morgan fingerprint density at radius 2 is 2.00 bits per heavy atom. The van der Waals surface area contributed by atoms with Crippen LogP contribution in [0, 0.1) is 0 Å². The predicted octanol–water partition coefficient (Wildman–Crippen LogP) is 1.63. The molecule has 1 rings (SSSR count). The molecule has 82 valence electrons. The number of carbonyl (C=O) groups is 1. The average molecular weight is 218 g/mol. The zero-order chi connectivity index (χ0) is 10.6. The van der Waals surface area contributed by atoms with Crippen molar-refractivity contribution in [3.63, 3.8) is 0 Å². The zero-order valence-electron chi connectivity index (χ0n) is 8.82. The molecule has 0 aromatic rings. The van der Waals surface area contributed by atoms with Crippen molar-refractivity contribution in [1.82, 2.24) is 0 Å². The molecule has 0 saturated heterocycles. The number of rotatable bonds is 4. The summed E-state index contributed by atoms with van der Waals surface area (Å²) in [6.07, 6.45) is 4.19. The van der Waals surface area contributed by atoms with Crippen LogP contribution in [0.5, 0.6) is 0 Å². The van der Waals surface area contributed by atoms with Crippen LogP contribution in [-0.2, 0) is 20.3 Å². The van der Waals surface area contributed by atoms with Gasteiger partial charge < -0.3 is 4.74 Å². The van der Waals surface area contributed by atoms with E-state index in [0.29, 0.717) is 0 Å². The predicted molar refractivity (Wildman–Crippen MR) is 56.5 cm³/mol. The van der Waals surface area contributed by atoms with Crippen molar-refractivity contribution in [2.75, 3.05) is 5.75 Å². The first-order chi connectivity index (χ1) is 6.59. The van der Waals surface area contributed by atoms with Crippen molar-refractivity contribution in [3.05, 3.63) is 0 Å². The van der Waals surface area contributed by atoms with Crippen LogP contribution >= 0.6 is 0 Å². The third-order valence-electron chi connectivity index (χ3n) is 2.30. The molecule has 1 aliphatic rings. The molecule has 0 amide bonds. The number of carbonyl (C=O) groups excluding carboxylic acids is 1. The molecule has 14 heavy (non-hydrogen) atoms. The maximum Gasteiger partial charge on any atom is 0.318 e. The van der Waals surface area contributed by atoms with E-state index in [1.54, 1.807) is 13.8 Å². The van der Waals surface area contributed by atoms with Gasteiger partial charge in [0.15, 0.2) is 0 Å². The third-order valence-corrected chi connectivity index (χ3v) is 4.04. The SMILES string of the molecule is CC(C)OC(=O)CS(=O)C1CCCC1. The minimum Gasteiger partial charge on any atom is -0.462 e. The van der Waals surface area contributed by atoms with E-state index in [2.05, 4.69) is 0 Å². The Labute approximate surface area is 87.7 Å². The molecule has 4 heteroatoms. The number of hydrogen-bond acceptors (Lipinski definition) is 3. The average Bonchev–Trinajstić information content (AvgIpc) is 2.53. The number of ether oxygens (including phenoxy) is 1. The smallest absolute Gasteiger partial charge is 0.318 e. The first-order valence-electron chi connectivity index (χ1n) is 5.16. The van der Waals surface area contributed by atoms with Gasteiger partial charge in [-0.3, -0.25) is 9.00 Å². The van der Waals surface area contributed by atoms with E-state index in [4.69, 9.17) is 4.74 Å². The zero-order valence-corrected chi connectivity index (χ0v) is 9.64. The lowest BCUT2D eigenvalue weighted by Crippen LogP contribution is -2.23. The fraction of sp³-hybridized carbons (Fsp3) is 0.900. The second kappa shape index (κ2) is 5.49. The lowest BCUT2D eigenvalue weighted by Gasteiger charge is -2.10. The van der Waals surface area contributed by atoms with Gasteiger partial charge in [-0.15, -0.1) is 0 Å². The van der Waals surface area contributed by atoms with E-state index in [-0.39, 0.29) is 23.1 Å². The number of hydrogen-bond donors (Lipinski definition) is 0. The van der Waals surface area contributed by atoms with Gasteiger partial charge in [-0.1, -0.05) is 12.8 Å². The molecule has 0 N–H and O–H groups in total. The lowest BCUT2D eigenvalue weighted by molar-refractivity contribution is -0.144. The van der Waals surface area contributed by atoms with Crippen molar-refractivity contribution in [1.29, 1.82) is 0 Å². The first kappa shape index (κ1) is 11.7. The van der Waals surface area contributed by atoms with E-state index < -0.39 is 10.8 Å². The molecule has 1 atom stereocenters. The maximum atomic E-state index is 11.6. The van der Waals surface area contributed by atoms with Gasteiger partial charge in [0.25, 0.3) is 0 Å². The highest BCUT2D eigenvalue weighted by molar-refractivity contribution is 7.86. The van der Waals surface area contributed by atoms with E-state index in [1.807, 2.05) is 0 Å². The highest BCUT2D eigenvalue weighted by Crippen LogP contribution is 2.22. The van der Waals surface area contributed by atoms with Crippen molar-refractivity contribution >= 4 is 16.8 Å². The second-order valence-electron chi connectivity index (χ2n) is 3.97. The standard InChI is InChI=1S/C10H18O3S/c1-8(2)13-10(11)7-14(12)9-5-3-4-6-9/h8-9H,3-7H2,1-2H3. The molecular formula is C10H18O3S. The third kappa shape index (κ3) is 3.78. The van der Waals surface area contributed by atoms with Crippen LogP contribution in [0.25, 0.3) is 0 Å². The van der Waals surface area contributed by atoms with Crippen LogP contribution in [0.1, 0.15) is 39.5 Å². The Morgan fingerprint density at radius 3 is 2.50 bits per heavy atom. The summed E-state index contributed by atoms with van der Waals surface area (Å²) in [5, 5.41) is 0.231. The first-order valence-corrected chi connectivity index (χ1v) is 6.54. The van der Waals surface area contributed by atoms with E-state index in [0.717, 1.165) is 25.7 Å². The van der Waals surface area contributed by atoms with Gasteiger partial charge in [0.1, 0.15) is 5.75 Å². The molecule has 0 aromatic heterocycles. The van der Waals surface area contributed by atoms with Crippen LogP contribution < -0.4 is 0 Å². The van der Waals surface area contributed by atoms with Crippen molar-refractivity contribution in [2.45, 2.75) is 50.9 Å². The topological polar surface area (TPSA) is 43.4 Å². The second-order valence-corrected chi connectivity index (χ2v) is 5.69. The number of esters is 1. The van der Waals surface area contributed by atoms with Crippen molar-refractivity contribution in [2.24, 2.45) is 0 Å². The van der Waals surface area contributed by atoms with Gasteiger partial charge in [0.05, 0.1) is 6.10 Å². The Bertz CT molecular complexity index is 219. The van der Waals surface area contributed by atoms with E-state index >= 15 is 0 Å². The molecule has 1 saturated carbocycles. The monoisotopic (exact) mass is 218 g/mol. The van der Waals surface area contributed by atoms with Crippen LogP contribution in [0.4, 0.5) is 0 Å². The van der Waals surface area contributed by atoms with Gasteiger partial charge in [-0.05, 0) is 26.7 Å². The normalized spacial score (nSPS) is 19.9. The fourth-order valence-corrected chi connectivity index (χ4v) is 3.08. The van der Waals surface area contributed by atoms with Gasteiger partial charge >= 0.3 is 5.97 Å². The molecule has 3 nitrogen and oxygen atoms in total. The van der Waals surface area contributed by atoms with Crippen LogP contribution in [0.3, 0.4) is 0 Å². The summed E-state index contributed by atoms with van der Waals surface area (Å²) in [6.45, 7) is 3.60. The van der Waals surface area contributed by atoms with Gasteiger partial charge in [-0.2, -0.15) is 0 Å².